The number of esters is 3. The van der Waals surface area contributed by atoms with Gasteiger partial charge in [-0.15, -0.1) is 0 Å². The van der Waals surface area contributed by atoms with Crippen LogP contribution in [0.3, 0.4) is 0 Å². The van der Waals surface area contributed by atoms with Crippen LogP contribution in [0.25, 0.3) is 0 Å². The fourth-order valence-electron chi connectivity index (χ4n) is 0.745. The third-order valence-corrected chi connectivity index (χ3v) is 1.74. The lowest BCUT2D eigenvalue weighted by atomic mass is 10.4. The van der Waals surface area contributed by atoms with Gasteiger partial charge in [0, 0.05) is 0 Å². The molecule has 0 saturated heterocycles. The van der Waals surface area contributed by atoms with Crippen molar-refractivity contribution in [2.75, 3.05) is 20.8 Å². The lowest BCUT2D eigenvalue weighted by molar-refractivity contribution is -0.139. The molecule has 1 amide bonds. The first-order valence-electron chi connectivity index (χ1n) is 5.76. The Morgan fingerprint density at radius 3 is 1.73 bits per heavy atom. The normalized spacial score (nSPS) is 10.7. The van der Waals surface area contributed by atoms with Gasteiger partial charge < -0.3 is 31.4 Å². The van der Waals surface area contributed by atoms with Gasteiger partial charge in [-0.3, -0.25) is 4.79 Å². The van der Waals surface area contributed by atoms with Crippen molar-refractivity contribution in [2.45, 2.75) is 6.92 Å². The molecule has 0 atom stereocenters. The van der Waals surface area contributed by atoms with E-state index < -0.39 is 23.8 Å². The van der Waals surface area contributed by atoms with E-state index in [4.69, 9.17) is 17.2 Å². The van der Waals surface area contributed by atoms with Gasteiger partial charge in [0.15, 0.2) is 0 Å². The van der Waals surface area contributed by atoms with Crippen LogP contribution in [0.4, 0.5) is 0 Å². The van der Waals surface area contributed by atoms with Gasteiger partial charge in [0.05, 0.1) is 33.0 Å². The molecule has 0 rings (SSSR count). The fourth-order valence-corrected chi connectivity index (χ4v) is 0.745. The minimum atomic E-state index is -0.842. The lowest BCUT2D eigenvalue weighted by Gasteiger charge is -1.98. The summed E-state index contributed by atoms with van der Waals surface area (Å²) in [6.45, 7) is 1.89. The largest absolute Gasteiger partial charge is 0.466 e. The maximum atomic E-state index is 10.7. The Labute approximate surface area is 126 Å². The van der Waals surface area contributed by atoms with E-state index in [1.807, 2.05) is 0 Å². The Kier molecular flexibility index (Phi) is 11.4. The minimum Gasteiger partial charge on any atom is -0.466 e. The molecule has 0 bridgehead atoms. The van der Waals surface area contributed by atoms with Crippen molar-refractivity contribution < 1.29 is 33.4 Å². The molecule has 22 heavy (non-hydrogen) atoms. The number of nitrogens with two attached hydrogens (primary N) is 3. The molecule has 124 valence electrons. The van der Waals surface area contributed by atoms with Crippen molar-refractivity contribution >= 4 is 23.8 Å². The van der Waals surface area contributed by atoms with Gasteiger partial charge in [0.1, 0.15) is 11.4 Å². The van der Waals surface area contributed by atoms with E-state index in [0.717, 1.165) is 12.2 Å². The van der Waals surface area contributed by atoms with Crippen LogP contribution in [0.5, 0.6) is 0 Å². The summed E-state index contributed by atoms with van der Waals surface area (Å²) >= 11 is 0. The monoisotopic (exact) mass is 317 g/mol. The predicted octanol–water partition coefficient (Wildman–Crippen LogP) is -1.95. The zero-order valence-corrected chi connectivity index (χ0v) is 12.5. The second-order valence-electron chi connectivity index (χ2n) is 3.33. The van der Waals surface area contributed by atoms with Gasteiger partial charge in [-0.1, -0.05) is 0 Å². The van der Waals surface area contributed by atoms with Crippen LogP contribution in [0.15, 0.2) is 23.5 Å². The maximum absolute atomic E-state index is 10.7. The molecule has 0 unspecified atom stereocenters. The first kappa shape index (κ1) is 21.3. The van der Waals surface area contributed by atoms with Gasteiger partial charge in [-0.2, -0.15) is 0 Å². The summed E-state index contributed by atoms with van der Waals surface area (Å²) in [5.41, 5.74) is 14.2. The lowest BCUT2D eigenvalue weighted by Crippen LogP contribution is -2.21. The minimum absolute atomic E-state index is 0.240. The maximum Gasteiger partial charge on any atom is 0.354 e. The van der Waals surface area contributed by atoms with E-state index in [9.17, 15) is 19.2 Å². The topological polar surface area (TPSA) is 174 Å². The summed E-state index contributed by atoms with van der Waals surface area (Å²) in [5.74, 6) is -2.94. The number of hydrogen-bond acceptors (Lipinski definition) is 9. The standard InChI is InChI=1S/C7H11NO4.C5H8N2O3/c1-3-12-6(9)4-5(8)7(10)11-2;1-10-4(8)2-3(6)5(7)9/h4H,3,8H2,1-2H3;2H,6H2,1H3,(H2,7,9)/b5-4-;3-2-. The number of hydrogen-bond donors (Lipinski definition) is 3. The Balaban J connectivity index is 0. The molecule has 0 aliphatic carbocycles. The van der Waals surface area contributed by atoms with Crippen molar-refractivity contribution in [2.24, 2.45) is 17.2 Å². The molecule has 0 aliphatic heterocycles. The van der Waals surface area contributed by atoms with E-state index in [1.54, 1.807) is 6.92 Å². The van der Waals surface area contributed by atoms with Gasteiger partial charge in [0.25, 0.3) is 5.91 Å². The van der Waals surface area contributed by atoms with E-state index in [-0.39, 0.29) is 18.0 Å². The first-order valence-corrected chi connectivity index (χ1v) is 5.76. The van der Waals surface area contributed by atoms with Crippen LogP contribution in [-0.2, 0) is 33.4 Å². The van der Waals surface area contributed by atoms with Crippen LogP contribution < -0.4 is 17.2 Å². The van der Waals surface area contributed by atoms with Crippen LogP contribution in [0, 0.1) is 0 Å². The number of amides is 1. The molecule has 10 heteroatoms. The second-order valence-corrected chi connectivity index (χ2v) is 3.33. The first-order chi connectivity index (χ1) is 10.2. The van der Waals surface area contributed by atoms with Crippen LogP contribution in [-0.4, -0.2) is 44.6 Å². The second kappa shape index (κ2) is 11.8. The average Bonchev–Trinajstić information content (AvgIpc) is 2.46. The van der Waals surface area contributed by atoms with E-state index in [0.29, 0.717) is 0 Å². The van der Waals surface area contributed by atoms with Crippen LogP contribution in [0.1, 0.15) is 6.92 Å². The van der Waals surface area contributed by atoms with Crippen molar-refractivity contribution in [3.63, 3.8) is 0 Å². The zero-order valence-electron chi connectivity index (χ0n) is 12.5. The Morgan fingerprint density at radius 2 is 1.36 bits per heavy atom. The van der Waals surface area contributed by atoms with Crippen molar-refractivity contribution in [1.82, 2.24) is 0 Å². The van der Waals surface area contributed by atoms with Crippen molar-refractivity contribution in [3.05, 3.63) is 23.5 Å². The smallest absolute Gasteiger partial charge is 0.354 e. The molecular formula is C12H19N3O7. The fraction of sp³-hybridized carbons (Fsp3) is 0.333. The number of carbonyl (C=O) groups is 4. The molecule has 10 nitrogen and oxygen atoms in total. The summed E-state index contributed by atoms with van der Waals surface area (Å²) in [7, 11) is 2.35. The quantitative estimate of drug-likeness (QED) is 0.295. The van der Waals surface area contributed by atoms with E-state index >= 15 is 0 Å². The molecule has 0 aromatic rings. The summed E-state index contributed by atoms with van der Waals surface area (Å²) in [4.78, 5) is 41.8. The Morgan fingerprint density at radius 1 is 0.864 bits per heavy atom. The van der Waals surface area contributed by atoms with Gasteiger partial charge in [-0.05, 0) is 6.92 Å². The Hall–Kier alpha value is -3.04. The van der Waals surface area contributed by atoms with E-state index in [2.05, 4.69) is 14.2 Å². The predicted molar refractivity (Wildman–Crippen MR) is 74.4 cm³/mol. The number of carbonyl (C=O) groups excluding carboxylic acids is 4. The zero-order chi connectivity index (χ0) is 17.7. The third kappa shape index (κ3) is 10.8. The number of ether oxygens (including phenoxy) is 3. The highest BCUT2D eigenvalue weighted by Crippen LogP contribution is 1.89. The Bertz CT molecular complexity index is 483. The van der Waals surface area contributed by atoms with Gasteiger partial charge in [-0.25, -0.2) is 14.4 Å². The third-order valence-electron chi connectivity index (χ3n) is 1.74. The molecule has 0 aromatic heterocycles. The summed E-state index contributed by atoms with van der Waals surface area (Å²) in [5, 5.41) is 0. The molecule has 6 N–H and O–H groups in total. The highest BCUT2D eigenvalue weighted by Gasteiger charge is 2.06. The van der Waals surface area contributed by atoms with Crippen molar-refractivity contribution in [3.8, 4) is 0 Å². The van der Waals surface area contributed by atoms with Crippen LogP contribution in [0.2, 0.25) is 0 Å². The van der Waals surface area contributed by atoms with Gasteiger partial charge in [0.2, 0.25) is 0 Å². The molecular weight excluding hydrogens is 298 g/mol. The summed E-state index contributed by atoms with van der Waals surface area (Å²) in [6.07, 6.45) is 1.71. The van der Waals surface area contributed by atoms with Crippen molar-refractivity contribution in [1.29, 1.82) is 0 Å². The molecule has 0 saturated carbocycles. The number of rotatable bonds is 5. The highest BCUT2D eigenvalue weighted by atomic mass is 16.5. The molecule has 0 spiro atoms. The molecule has 0 heterocycles. The average molecular weight is 317 g/mol. The highest BCUT2D eigenvalue weighted by molar-refractivity contribution is 5.97. The van der Waals surface area contributed by atoms with Gasteiger partial charge >= 0.3 is 17.9 Å². The SMILES string of the molecule is CCOC(=O)/C=C(\N)C(=O)OC.COC(=O)/C=C(\N)C(N)=O. The molecule has 0 fully saturated rings. The molecule has 0 aliphatic rings. The summed E-state index contributed by atoms with van der Waals surface area (Å²) in [6, 6.07) is 0. The molecule has 0 radical (unpaired) electrons. The number of primary amides is 1. The number of methoxy groups -OCH3 is 2. The summed E-state index contributed by atoms with van der Waals surface area (Å²) < 4.78 is 12.9. The molecule has 0 aromatic carbocycles. The van der Waals surface area contributed by atoms with Crippen LogP contribution >= 0.6 is 0 Å². The van der Waals surface area contributed by atoms with E-state index in [1.165, 1.54) is 14.2 Å².